The van der Waals surface area contributed by atoms with Crippen LogP contribution in [0.5, 0.6) is 0 Å². The van der Waals surface area contributed by atoms with Crippen molar-refractivity contribution < 1.29 is 9.18 Å². The molecule has 1 amide bonds. The van der Waals surface area contributed by atoms with Gasteiger partial charge in [0.2, 0.25) is 0 Å². The Morgan fingerprint density at radius 1 is 1.25 bits per heavy atom. The number of nitrogens with one attached hydrogen (secondary N) is 1. The summed E-state index contributed by atoms with van der Waals surface area (Å²) in [6.07, 6.45) is 3.46. The quantitative estimate of drug-likeness (QED) is 0.569. The standard InChI is InChI=1S/C20H20FNOS/c1-5-16(14(3)24-4)20(23)22-19-9-7-6-8-17(19)15-11-10-13(2)18(21)12-15/h5-12H,1H2,2-4H3,(H,22,23)/b16-14+. The lowest BCUT2D eigenvalue weighted by Gasteiger charge is -2.13. The maximum absolute atomic E-state index is 13.9. The number of para-hydroxylation sites is 1. The predicted octanol–water partition coefficient (Wildman–Crippen LogP) is 5.56. The fraction of sp³-hybridized carbons (Fsp3) is 0.150. The van der Waals surface area contributed by atoms with Crippen LogP contribution in [0.15, 0.2) is 65.6 Å². The molecule has 0 aliphatic rings. The van der Waals surface area contributed by atoms with Crippen LogP contribution in [-0.2, 0) is 4.79 Å². The van der Waals surface area contributed by atoms with Gasteiger partial charge in [-0.05, 0) is 48.3 Å². The fourth-order valence-corrected chi connectivity index (χ4v) is 2.70. The first-order valence-corrected chi connectivity index (χ1v) is 8.74. The van der Waals surface area contributed by atoms with E-state index in [0.29, 0.717) is 16.8 Å². The summed E-state index contributed by atoms with van der Waals surface area (Å²) >= 11 is 1.50. The number of halogens is 1. The summed E-state index contributed by atoms with van der Waals surface area (Å²) in [6.45, 7) is 7.31. The Bertz CT molecular complexity index is 811. The number of hydrogen-bond acceptors (Lipinski definition) is 2. The SMILES string of the molecule is C=C/C(C(=O)Nc1ccccc1-c1ccc(C)c(F)c1)=C(/C)SC. The molecule has 124 valence electrons. The van der Waals surface area contributed by atoms with Crippen LogP contribution in [0.4, 0.5) is 10.1 Å². The monoisotopic (exact) mass is 341 g/mol. The molecule has 0 radical (unpaired) electrons. The van der Waals surface area contributed by atoms with Crippen molar-refractivity contribution in [1.29, 1.82) is 0 Å². The highest BCUT2D eigenvalue weighted by atomic mass is 32.2. The Morgan fingerprint density at radius 2 is 1.96 bits per heavy atom. The minimum atomic E-state index is -0.265. The van der Waals surface area contributed by atoms with Crippen molar-refractivity contribution in [1.82, 2.24) is 0 Å². The molecule has 0 atom stereocenters. The maximum Gasteiger partial charge on any atom is 0.256 e. The van der Waals surface area contributed by atoms with Gasteiger partial charge in [-0.3, -0.25) is 4.79 Å². The Balaban J connectivity index is 2.41. The number of benzene rings is 2. The summed E-state index contributed by atoms with van der Waals surface area (Å²) in [5, 5.41) is 2.91. The number of anilines is 1. The summed E-state index contributed by atoms with van der Waals surface area (Å²) in [5.74, 6) is -0.490. The number of hydrogen-bond donors (Lipinski definition) is 1. The molecule has 0 bridgehead atoms. The predicted molar refractivity (Wildman–Crippen MR) is 102 cm³/mol. The van der Waals surface area contributed by atoms with Gasteiger partial charge in [0.1, 0.15) is 5.82 Å². The number of carbonyl (C=O) groups excluding carboxylic acids is 1. The number of allylic oxidation sites excluding steroid dienone is 1. The van der Waals surface area contributed by atoms with Crippen molar-refractivity contribution in [2.75, 3.05) is 11.6 Å². The maximum atomic E-state index is 13.9. The van der Waals surface area contributed by atoms with Crippen LogP contribution in [0.3, 0.4) is 0 Å². The lowest BCUT2D eigenvalue weighted by molar-refractivity contribution is -0.112. The van der Waals surface area contributed by atoms with Crippen LogP contribution >= 0.6 is 11.8 Å². The summed E-state index contributed by atoms with van der Waals surface area (Å²) in [7, 11) is 0. The van der Waals surface area contributed by atoms with E-state index in [-0.39, 0.29) is 11.7 Å². The summed E-state index contributed by atoms with van der Waals surface area (Å²) in [6, 6.07) is 12.4. The average molecular weight is 341 g/mol. The van der Waals surface area contributed by atoms with E-state index >= 15 is 0 Å². The molecule has 24 heavy (non-hydrogen) atoms. The van der Waals surface area contributed by atoms with E-state index in [1.807, 2.05) is 37.4 Å². The second-order valence-corrected chi connectivity index (χ2v) is 6.36. The normalized spacial score (nSPS) is 11.7. The molecule has 0 saturated carbocycles. The number of aryl methyl sites for hydroxylation is 1. The first kappa shape index (κ1) is 18.0. The van der Waals surface area contributed by atoms with Crippen LogP contribution in [0.25, 0.3) is 11.1 Å². The Hall–Kier alpha value is -2.33. The van der Waals surface area contributed by atoms with Gasteiger partial charge in [0.15, 0.2) is 0 Å². The Morgan fingerprint density at radius 3 is 2.58 bits per heavy atom. The summed E-state index contributed by atoms with van der Waals surface area (Å²) in [5.41, 5.74) is 3.26. The zero-order chi connectivity index (χ0) is 17.7. The van der Waals surface area contributed by atoms with Crippen LogP contribution in [0.2, 0.25) is 0 Å². The van der Waals surface area contributed by atoms with E-state index in [1.54, 1.807) is 25.1 Å². The molecule has 4 heteroatoms. The highest BCUT2D eigenvalue weighted by Gasteiger charge is 2.13. The van der Waals surface area contributed by atoms with E-state index in [0.717, 1.165) is 16.0 Å². The van der Waals surface area contributed by atoms with E-state index in [2.05, 4.69) is 11.9 Å². The van der Waals surface area contributed by atoms with Gasteiger partial charge < -0.3 is 5.32 Å². The van der Waals surface area contributed by atoms with Crippen molar-refractivity contribution >= 4 is 23.4 Å². The second kappa shape index (κ2) is 7.97. The molecule has 2 aromatic rings. The number of carbonyl (C=O) groups is 1. The van der Waals surface area contributed by atoms with Crippen LogP contribution in [0.1, 0.15) is 12.5 Å². The molecule has 0 aliphatic carbocycles. The van der Waals surface area contributed by atoms with E-state index in [4.69, 9.17) is 0 Å². The van der Waals surface area contributed by atoms with Gasteiger partial charge >= 0.3 is 0 Å². The zero-order valence-electron chi connectivity index (χ0n) is 14.0. The van der Waals surface area contributed by atoms with Crippen molar-refractivity contribution in [3.8, 4) is 11.1 Å². The number of rotatable bonds is 5. The fourth-order valence-electron chi connectivity index (χ4n) is 2.30. The topological polar surface area (TPSA) is 29.1 Å². The molecule has 2 rings (SSSR count). The number of thioether (sulfide) groups is 1. The smallest absolute Gasteiger partial charge is 0.256 e. The van der Waals surface area contributed by atoms with E-state index in [9.17, 15) is 9.18 Å². The molecular formula is C20H20FNOS. The highest BCUT2D eigenvalue weighted by Crippen LogP contribution is 2.30. The van der Waals surface area contributed by atoms with Gasteiger partial charge in [-0.25, -0.2) is 4.39 Å². The molecule has 0 aromatic heterocycles. The van der Waals surface area contributed by atoms with Gasteiger partial charge in [0.25, 0.3) is 5.91 Å². The van der Waals surface area contributed by atoms with Crippen LogP contribution in [-0.4, -0.2) is 12.2 Å². The molecule has 0 fully saturated rings. The van der Waals surface area contributed by atoms with Crippen molar-refractivity contribution in [2.45, 2.75) is 13.8 Å². The van der Waals surface area contributed by atoms with Gasteiger partial charge in [-0.2, -0.15) is 0 Å². The Kier molecular flexibility index (Phi) is 5.99. The molecule has 0 aliphatic heterocycles. The number of amides is 1. The lowest BCUT2D eigenvalue weighted by atomic mass is 10.0. The Labute approximate surface area is 146 Å². The molecule has 2 aromatic carbocycles. The minimum absolute atomic E-state index is 0.225. The highest BCUT2D eigenvalue weighted by molar-refractivity contribution is 8.02. The molecule has 1 N–H and O–H groups in total. The molecular weight excluding hydrogens is 321 g/mol. The third-order valence-corrected chi connectivity index (χ3v) is 4.62. The first-order valence-electron chi connectivity index (χ1n) is 7.52. The average Bonchev–Trinajstić information content (AvgIpc) is 2.58. The minimum Gasteiger partial charge on any atom is -0.321 e. The van der Waals surface area contributed by atoms with Crippen LogP contribution < -0.4 is 5.32 Å². The third kappa shape index (κ3) is 3.95. The first-order chi connectivity index (χ1) is 11.5. The van der Waals surface area contributed by atoms with Crippen LogP contribution in [0, 0.1) is 12.7 Å². The van der Waals surface area contributed by atoms with Gasteiger partial charge in [-0.1, -0.05) is 43.0 Å². The van der Waals surface area contributed by atoms with E-state index in [1.165, 1.54) is 17.8 Å². The molecule has 0 heterocycles. The molecule has 0 spiro atoms. The molecule has 0 unspecified atom stereocenters. The van der Waals surface area contributed by atoms with Gasteiger partial charge in [-0.15, -0.1) is 11.8 Å². The largest absolute Gasteiger partial charge is 0.321 e. The van der Waals surface area contributed by atoms with Gasteiger partial charge in [0.05, 0.1) is 0 Å². The van der Waals surface area contributed by atoms with Crippen molar-refractivity contribution in [3.63, 3.8) is 0 Å². The lowest BCUT2D eigenvalue weighted by Crippen LogP contribution is -2.14. The second-order valence-electron chi connectivity index (χ2n) is 5.34. The molecule has 2 nitrogen and oxygen atoms in total. The van der Waals surface area contributed by atoms with Gasteiger partial charge in [0, 0.05) is 16.8 Å². The van der Waals surface area contributed by atoms with Crippen molar-refractivity contribution in [2.24, 2.45) is 0 Å². The molecule has 0 saturated heterocycles. The summed E-state index contributed by atoms with van der Waals surface area (Å²) < 4.78 is 13.9. The van der Waals surface area contributed by atoms with E-state index < -0.39 is 0 Å². The van der Waals surface area contributed by atoms with Crippen molar-refractivity contribution in [3.05, 3.63) is 77.0 Å². The summed E-state index contributed by atoms with van der Waals surface area (Å²) in [4.78, 5) is 13.4. The zero-order valence-corrected chi connectivity index (χ0v) is 14.8. The third-order valence-electron chi connectivity index (χ3n) is 3.79.